The first-order chi connectivity index (χ1) is 12.6. The summed E-state index contributed by atoms with van der Waals surface area (Å²) in [6.07, 6.45) is -0.475. The second kappa shape index (κ2) is 6.80. The number of ether oxygens (including phenoxy) is 3. The lowest BCUT2D eigenvalue weighted by atomic mass is 10.1. The van der Waals surface area contributed by atoms with Crippen LogP contribution in [0.4, 0.5) is 0 Å². The van der Waals surface area contributed by atoms with Crippen LogP contribution in [-0.4, -0.2) is 53.7 Å². The molecule has 0 aliphatic carbocycles. The van der Waals surface area contributed by atoms with Crippen molar-refractivity contribution in [2.24, 2.45) is 0 Å². The van der Waals surface area contributed by atoms with Crippen LogP contribution in [0.1, 0.15) is 28.0 Å². The zero-order valence-corrected chi connectivity index (χ0v) is 14.4. The number of benzene rings is 1. The average Bonchev–Trinajstić information content (AvgIpc) is 2.66. The molecule has 0 saturated carbocycles. The minimum Gasteiger partial charge on any atom is -0.486 e. The van der Waals surface area contributed by atoms with Gasteiger partial charge in [-0.25, -0.2) is 4.98 Å². The predicted octanol–water partition coefficient (Wildman–Crippen LogP) is 1.06. The van der Waals surface area contributed by atoms with Crippen molar-refractivity contribution in [1.29, 1.82) is 0 Å². The summed E-state index contributed by atoms with van der Waals surface area (Å²) in [4.78, 5) is 33.4. The standard InChI is InChI=1S/C18H19N3O5/c1-11-9-15(22)20-17(19-11)14-10-21(5-6-24-14)18(23)12-3-2-4-13-16(12)26-8-7-25-13/h2-4,9,14H,5-8,10H2,1H3,(H,19,20,22)/t14-/m0/s1. The highest BCUT2D eigenvalue weighted by Gasteiger charge is 2.30. The molecule has 8 nitrogen and oxygen atoms in total. The Morgan fingerprint density at radius 1 is 1.27 bits per heavy atom. The third-order valence-corrected chi connectivity index (χ3v) is 4.34. The Morgan fingerprint density at radius 3 is 2.96 bits per heavy atom. The number of morpholine rings is 1. The summed E-state index contributed by atoms with van der Waals surface area (Å²) in [5.74, 6) is 1.34. The summed E-state index contributed by atoms with van der Waals surface area (Å²) < 4.78 is 16.9. The third-order valence-electron chi connectivity index (χ3n) is 4.34. The van der Waals surface area contributed by atoms with Gasteiger partial charge in [0.15, 0.2) is 11.5 Å². The van der Waals surface area contributed by atoms with Gasteiger partial charge in [0.25, 0.3) is 11.5 Å². The molecule has 4 rings (SSSR count). The molecule has 26 heavy (non-hydrogen) atoms. The van der Waals surface area contributed by atoms with Crippen LogP contribution >= 0.6 is 0 Å². The van der Waals surface area contributed by atoms with E-state index in [-0.39, 0.29) is 11.5 Å². The van der Waals surface area contributed by atoms with Crippen molar-refractivity contribution >= 4 is 5.91 Å². The Kier molecular flexibility index (Phi) is 4.34. The molecule has 3 heterocycles. The maximum absolute atomic E-state index is 13.0. The maximum atomic E-state index is 13.0. The largest absolute Gasteiger partial charge is 0.486 e. The van der Waals surface area contributed by atoms with Gasteiger partial charge in [0.05, 0.1) is 18.7 Å². The summed E-state index contributed by atoms with van der Waals surface area (Å²) in [5.41, 5.74) is 0.842. The van der Waals surface area contributed by atoms with Gasteiger partial charge in [-0.3, -0.25) is 9.59 Å². The van der Waals surface area contributed by atoms with E-state index < -0.39 is 6.10 Å². The highest BCUT2D eigenvalue weighted by molar-refractivity contribution is 5.98. The smallest absolute Gasteiger partial charge is 0.257 e. The molecule has 2 aliphatic heterocycles. The number of nitrogens with one attached hydrogen (secondary N) is 1. The number of aromatic nitrogens is 2. The lowest BCUT2D eigenvalue weighted by Gasteiger charge is -2.33. The van der Waals surface area contributed by atoms with Crippen molar-refractivity contribution in [1.82, 2.24) is 14.9 Å². The number of carbonyl (C=O) groups is 1. The van der Waals surface area contributed by atoms with E-state index in [1.54, 1.807) is 30.0 Å². The molecule has 2 aromatic rings. The Morgan fingerprint density at radius 2 is 2.12 bits per heavy atom. The molecular formula is C18H19N3O5. The Bertz CT molecular complexity index is 895. The SMILES string of the molecule is Cc1cc(=O)[nH]c([C@@H]2CN(C(=O)c3cccc4c3OCCO4)CCO2)n1. The first kappa shape index (κ1) is 16.6. The molecule has 2 aliphatic rings. The second-order valence-corrected chi connectivity index (χ2v) is 6.21. The topological polar surface area (TPSA) is 93.8 Å². The summed E-state index contributed by atoms with van der Waals surface area (Å²) in [6, 6.07) is 6.71. The highest BCUT2D eigenvalue weighted by Crippen LogP contribution is 2.34. The van der Waals surface area contributed by atoms with Crippen LogP contribution in [0, 0.1) is 6.92 Å². The first-order valence-corrected chi connectivity index (χ1v) is 8.49. The van der Waals surface area contributed by atoms with Gasteiger partial charge in [0.2, 0.25) is 0 Å². The van der Waals surface area contributed by atoms with E-state index in [2.05, 4.69) is 9.97 Å². The molecule has 1 aromatic heterocycles. The predicted molar refractivity (Wildman–Crippen MR) is 91.6 cm³/mol. The van der Waals surface area contributed by atoms with Gasteiger partial charge in [0.1, 0.15) is 25.1 Å². The van der Waals surface area contributed by atoms with Gasteiger partial charge in [-0.2, -0.15) is 0 Å². The van der Waals surface area contributed by atoms with E-state index in [0.717, 1.165) is 0 Å². The highest BCUT2D eigenvalue weighted by atomic mass is 16.6. The van der Waals surface area contributed by atoms with Crippen molar-refractivity contribution < 1.29 is 19.0 Å². The minimum atomic E-state index is -0.475. The first-order valence-electron chi connectivity index (χ1n) is 8.49. The lowest BCUT2D eigenvalue weighted by molar-refractivity contribution is -0.0271. The number of carbonyl (C=O) groups excluding carboxylic acids is 1. The Balaban J connectivity index is 1.58. The molecule has 1 saturated heterocycles. The van der Waals surface area contributed by atoms with Crippen LogP contribution in [0.2, 0.25) is 0 Å². The summed E-state index contributed by atoms with van der Waals surface area (Å²) in [5, 5.41) is 0. The number of aromatic amines is 1. The summed E-state index contributed by atoms with van der Waals surface area (Å²) in [7, 11) is 0. The van der Waals surface area contributed by atoms with Gasteiger partial charge in [0, 0.05) is 18.3 Å². The molecule has 8 heteroatoms. The van der Waals surface area contributed by atoms with E-state index in [9.17, 15) is 9.59 Å². The number of rotatable bonds is 2. The number of hydrogen-bond donors (Lipinski definition) is 1. The van der Waals surface area contributed by atoms with Crippen molar-refractivity contribution in [2.45, 2.75) is 13.0 Å². The number of para-hydroxylation sites is 1. The second-order valence-electron chi connectivity index (χ2n) is 6.21. The van der Waals surface area contributed by atoms with E-state index in [1.165, 1.54) is 6.07 Å². The lowest BCUT2D eigenvalue weighted by Crippen LogP contribution is -2.43. The van der Waals surface area contributed by atoms with Crippen molar-refractivity contribution in [3.05, 3.63) is 51.7 Å². The molecule has 136 valence electrons. The molecule has 1 N–H and O–H groups in total. The molecule has 0 spiro atoms. The van der Waals surface area contributed by atoms with Crippen LogP contribution in [-0.2, 0) is 4.74 Å². The number of H-pyrrole nitrogens is 1. The van der Waals surface area contributed by atoms with Crippen LogP contribution in [0.15, 0.2) is 29.1 Å². The van der Waals surface area contributed by atoms with Crippen LogP contribution < -0.4 is 15.0 Å². The summed E-state index contributed by atoms with van der Waals surface area (Å²) >= 11 is 0. The van der Waals surface area contributed by atoms with Crippen LogP contribution in [0.3, 0.4) is 0 Å². The van der Waals surface area contributed by atoms with Crippen LogP contribution in [0.5, 0.6) is 11.5 Å². The van der Waals surface area contributed by atoms with Gasteiger partial charge >= 0.3 is 0 Å². The van der Waals surface area contributed by atoms with Crippen LogP contribution in [0.25, 0.3) is 0 Å². The van der Waals surface area contributed by atoms with Gasteiger partial charge < -0.3 is 24.1 Å². The maximum Gasteiger partial charge on any atom is 0.257 e. The molecule has 0 bridgehead atoms. The van der Waals surface area contributed by atoms with E-state index in [1.807, 2.05) is 0 Å². The molecular weight excluding hydrogens is 338 g/mol. The fourth-order valence-electron chi connectivity index (χ4n) is 3.17. The number of amides is 1. The molecule has 1 atom stereocenters. The van der Waals surface area contributed by atoms with Gasteiger partial charge in [-0.15, -0.1) is 0 Å². The third kappa shape index (κ3) is 3.15. The number of fused-ring (bicyclic) bond motifs is 1. The molecule has 1 fully saturated rings. The fraction of sp³-hybridized carbons (Fsp3) is 0.389. The average molecular weight is 357 g/mol. The fourth-order valence-corrected chi connectivity index (χ4v) is 3.17. The molecule has 0 radical (unpaired) electrons. The van der Waals surface area contributed by atoms with Crippen molar-refractivity contribution in [3.8, 4) is 11.5 Å². The van der Waals surface area contributed by atoms with Crippen molar-refractivity contribution in [2.75, 3.05) is 32.9 Å². The van der Waals surface area contributed by atoms with E-state index >= 15 is 0 Å². The number of nitrogens with zero attached hydrogens (tertiary/aromatic N) is 2. The minimum absolute atomic E-state index is 0.157. The Labute approximate surface area is 149 Å². The monoisotopic (exact) mass is 357 g/mol. The van der Waals surface area contributed by atoms with Gasteiger partial charge in [-0.1, -0.05) is 6.07 Å². The molecule has 0 unspecified atom stereocenters. The van der Waals surface area contributed by atoms with E-state index in [0.29, 0.717) is 61.5 Å². The Hall–Kier alpha value is -2.87. The number of hydrogen-bond acceptors (Lipinski definition) is 6. The molecule has 1 amide bonds. The quantitative estimate of drug-likeness (QED) is 0.864. The summed E-state index contributed by atoms with van der Waals surface area (Å²) in [6.45, 7) is 3.75. The zero-order chi connectivity index (χ0) is 18.1. The number of aryl methyl sites for hydroxylation is 1. The normalized spacial score (nSPS) is 19.3. The van der Waals surface area contributed by atoms with E-state index in [4.69, 9.17) is 14.2 Å². The van der Waals surface area contributed by atoms with Crippen molar-refractivity contribution in [3.63, 3.8) is 0 Å². The zero-order valence-electron chi connectivity index (χ0n) is 14.4. The van der Waals surface area contributed by atoms with Gasteiger partial charge in [-0.05, 0) is 19.1 Å². The molecule has 1 aromatic carbocycles.